The highest BCUT2D eigenvalue weighted by Gasteiger charge is 2.18. The quantitative estimate of drug-likeness (QED) is 0.513. The van der Waals surface area contributed by atoms with Crippen LogP contribution in [-0.4, -0.2) is 30.7 Å². The van der Waals surface area contributed by atoms with Gasteiger partial charge >= 0.3 is 0 Å². The number of halogens is 2. The number of para-hydroxylation sites is 1. The molecule has 0 aliphatic carbocycles. The Balaban J connectivity index is 1.55. The topological polar surface area (TPSA) is 77.6 Å². The Hall–Kier alpha value is -3.16. The highest BCUT2D eigenvalue weighted by molar-refractivity contribution is 6.42. The molecule has 0 spiro atoms. The fraction of sp³-hybridized carbons (Fsp3) is 0.100. The summed E-state index contributed by atoms with van der Waals surface area (Å²) in [5.74, 6) is 0.142. The Morgan fingerprint density at radius 2 is 1.83 bits per heavy atom. The van der Waals surface area contributed by atoms with E-state index < -0.39 is 0 Å². The lowest BCUT2D eigenvalue weighted by Crippen LogP contribution is -2.18. The van der Waals surface area contributed by atoms with Crippen molar-refractivity contribution in [3.63, 3.8) is 0 Å². The highest BCUT2D eigenvalue weighted by atomic mass is 35.5. The Labute approximate surface area is 176 Å². The van der Waals surface area contributed by atoms with Crippen molar-refractivity contribution in [1.82, 2.24) is 24.8 Å². The fourth-order valence-corrected chi connectivity index (χ4v) is 3.22. The lowest BCUT2D eigenvalue weighted by molar-refractivity contribution is 0.102. The molecule has 2 aromatic carbocycles. The van der Waals surface area contributed by atoms with E-state index in [1.165, 1.54) is 4.80 Å². The number of anilines is 1. The Kier molecular flexibility index (Phi) is 5.33. The van der Waals surface area contributed by atoms with Crippen LogP contribution in [0.25, 0.3) is 5.69 Å². The van der Waals surface area contributed by atoms with Crippen LogP contribution in [0.4, 0.5) is 5.82 Å². The van der Waals surface area contributed by atoms with Gasteiger partial charge in [-0.1, -0.05) is 53.5 Å². The van der Waals surface area contributed by atoms with Crippen LogP contribution < -0.4 is 5.32 Å². The second kappa shape index (κ2) is 8.06. The number of hydrogen-bond acceptors (Lipinski definition) is 4. The van der Waals surface area contributed by atoms with E-state index in [0.717, 1.165) is 11.3 Å². The molecule has 1 N–H and O–H groups in total. The first-order valence-corrected chi connectivity index (χ1v) is 9.54. The van der Waals surface area contributed by atoms with Gasteiger partial charge in [-0.2, -0.15) is 15.0 Å². The van der Waals surface area contributed by atoms with E-state index in [1.807, 2.05) is 42.5 Å². The number of nitrogens with one attached hydrogen (secondary N) is 1. The summed E-state index contributed by atoms with van der Waals surface area (Å²) in [4.78, 5) is 14.2. The summed E-state index contributed by atoms with van der Waals surface area (Å²) < 4.78 is 1.63. The first-order chi connectivity index (χ1) is 14.0. The molecular formula is C20H16Cl2N6O. The van der Waals surface area contributed by atoms with Crippen LogP contribution >= 0.6 is 23.2 Å². The van der Waals surface area contributed by atoms with E-state index in [9.17, 15) is 4.79 Å². The molecular weight excluding hydrogens is 411 g/mol. The van der Waals surface area contributed by atoms with E-state index in [1.54, 1.807) is 29.9 Å². The largest absolute Gasteiger partial charge is 0.305 e. The number of carbonyl (C=O) groups excluding carboxylic acids is 1. The monoisotopic (exact) mass is 426 g/mol. The zero-order valence-corrected chi connectivity index (χ0v) is 16.9. The minimum absolute atomic E-state index is 0.238. The van der Waals surface area contributed by atoms with Gasteiger partial charge in [-0.05, 0) is 30.7 Å². The van der Waals surface area contributed by atoms with E-state index in [4.69, 9.17) is 23.2 Å². The van der Waals surface area contributed by atoms with Gasteiger partial charge in [0, 0.05) is 6.07 Å². The molecule has 29 heavy (non-hydrogen) atoms. The molecule has 0 unspecified atom stereocenters. The van der Waals surface area contributed by atoms with E-state index >= 15 is 0 Å². The predicted molar refractivity (Wildman–Crippen MR) is 112 cm³/mol. The normalized spacial score (nSPS) is 10.9. The average molecular weight is 427 g/mol. The zero-order chi connectivity index (χ0) is 20.4. The molecule has 7 nitrogen and oxygen atoms in total. The van der Waals surface area contributed by atoms with Crippen molar-refractivity contribution in [3.8, 4) is 5.69 Å². The van der Waals surface area contributed by atoms with Crippen molar-refractivity contribution in [3.05, 3.63) is 87.8 Å². The highest BCUT2D eigenvalue weighted by Crippen LogP contribution is 2.26. The molecule has 2 aromatic heterocycles. The minimum atomic E-state index is -0.372. The van der Waals surface area contributed by atoms with Gasteiger partial charge < -0.3 is 5.32 Å². The lowest BCUT2D eigenvalue weighted by atomic mass is 10.2. The van der Waals surface area contributed by atoms with Crippen molar-refractivity contribution in [1.29, 1.82) is 0 Å². The van der Waals surface area contributed by atoms with Crippen LogP contribution in [0.5, 0.6) is 0 Å². The Morgan fingerprint density at radius 1 is 1.03 bits per heavy atom. The summed E-state index contributed by atoms with van der Waals surface area (Å²) in [6, 6.07) is 16.5. The van der Waals surface area contributed by atoms with Crippen molar-refractivity contribution in [2.24, 2.45) is 0 Å². The maximum atomic E-state index is 12.8. The Morgan fingerprint density at radius 3 is 2.62 bits per heavy atom. The maximum Gasteiger partial charge on any atom is 0.279 e. The number of hydrogen-bond donors (Lipinski definition) is 1. The molecule has 4 aromatic rings. The number of nitrogens with zero attached hydrogens (tertiary/aromatic N) is 5. The number of rotatable bonds is 5. The molecule has 0 bridgehead atoms. The molecule has 0 aliphatic heterocycles. The van der Waals surface area contributed by atoms with E-state index in [-0.39, 0.29) is 11.6 Å². The smallest absolute Gasteiger partial charge is 0.279 e. The van der Waals surface area contributed by atoms with Crippen molar-refractivity contribution in [2.45, 2.75) is 13.5 Å². The van der Waals surface area contributed by atoms with Crippen LogP contribution in [-0.2, 0) is 6.54 Å². The first-order valence-electron chi connectivity index (χ1n) is 8.78. The number of carbonyl (C=O) groups is 1. The van der Waals surface area contributed by atoms with Gasteiger partial charge in [0.2, 0.25) is 0 Å². The van der Waals surface area contributed by atoms with Crippen LogP contribution in [0.1, 0.15) is 21.7 Å². The molecule has 0 atom stereocenters. The zero-order valence-electron chi connectivity index (χ0n) is 15.4. The number of amides is 1. The predicted octanol–water partition coefficient (Wildman–Crippen LogP) is 4.38. The standard InChI is InChI=1S/C20H16Cl2N6O/c1-13-19(26-28(25-13)15-7-3-2-4-8-15)20(29)24-17-10-11-23-27(17)12-14-6-5-9-16(21)18(14)22/h2-11H,12H2,1H3,(H,24,29). The second-order valence-electron chi connectivity index (χ2n) is 6.30. The van der Waals surface area contributed by atoms with Gasteiger partial charge in [0.05, 0.1) is 34.2 Å². The fourth-order valence-electron chi connectivity index (χ4n) is 2.84. The summed E-state index contributed by atoms with van der Waals surface area (Å²) in [7, 11) is 0. The second-order valence-corrected chi connectivity index (χ2v) is 7.09. The molecule has 0 saturated heterocycles. The molecule has 1 amide bonds. The van der Waals surface area contributed by atoms with Crippen LogP contribution in [0.15, 0.2) is 60.8 Å². The van der Waals surface area contributed by atoms with Gasteiger partial charge in [0.25, 0.3) is 5.91 Å². The van der Waals surface area contributed by atoms with E-state index in [0.29, 0.717) is 28.1 Å². The Bertz CT molecular complexity index is 1170. The summed E-state index contributed by atoms with van der Waals surface area (Å²) in [6.07, 6.45) is 1.60. The maximum absolute atomic E-state index is 12.8. The molecule has 2 heterocycles. The molecule has 0 aliphatic rings. The van der Waals surface area contributed by atoms with Crippen LogP contribution in [0.3, 0.4) is 0 Å². The van der Waals surface area contributed by atoms with Gasteiger partial charge in [-0.25, -0.2) is 4.68 Å². The molecule has 146 valence electrons. The third kappa shape index (κ3) is 4.01. The lowest BCUT2D eigenvalue weighted by Gasteiger charge is -2.10. The van der Waals surface area contributed by atoms with Gasteiger partial charge in [0.15, 0.2) is 5.69 Å². The molecule has 0 fully saturated rings. The molecule has 0 saturated carbocycles. The summed E-state index contributed by atoms with van der Waals surface area (Å²) in [5.41, 5.74) is 2.33. The molecule has 9 heteroatoms. The molecule has 4 rings (SSSR count). The average Bonchev–Trinajstić information content (AvgIpc) is 3.32. The van der Waals surface area contributed by atoms with Crippen molar-refractivity contribution < 1.29 is 4.79 Å². The van der Waals surface area contributed by atoms with Crippen molar-refractivity contribution >= 4 is 34.9 Å². The van der Waals surface area contributed by atoms with E-state index in [2.05, 4.69) is 20.6 Å². The van der Waals surface area contributed by atoms with Crippen LogP contribution in [0, 0.1) is 6.92 Å². The minimum Gasteiger partial charge on any atom is -0.305 e. The molecule has 0 radical (unpaired) electrons. The first kappa shape index (κ1) is 19.2. The summed E-state index contributed by atoms with van der Waals surface area (Å²) >= 11 is 12.3. The summed E-state index contributed by atoms with van der Waals surface area (Å²) in [5, 5.41) is 16.7. The van der Waals surface area contributed by atoms with Gasteiger partial charge in [-0.3, -0.25) is 4.79 Å². The number of aryl methyl sites for hydroxylation is 1. The van der Waals surface area contributed by atoms with Crippen molar-refractivity contribution in [2.75, 3.05) is 5.32 Å². The number of benzene rings is 2. The SMILES string of the molecule is Cc1nn(-c2ccccc2)nc1C(=O)Nc1ccnn1Cc1cccc(Cl)c1Cl. The summed E-state index contributed by atoms with van der Waals surface area (Å²) in [6.45, 7) is 2.10. The van der Waals surface area contributed by atoms with Crippen LogP contribution in [0.2, 0.25) is 10.0 Å². The van der Waals surface area contributed by atoms with Gasteiger partial charge in [-0.15, -0.1) is 5.10 Å². The third-order valence-corrected chi connectivity index (χ3v) is 5.15. The van der Waals surface area contributed by atoms with Gasteiger partial charge in [0.1, 0.15) is 5.82 Å². The third-order valence-electron chi connectivity index (χ3n) is 4.29. The number of aromatic nitrogens is 5.